The van der Waals surface area contributed by atoms with Crippen LogP contribution in [0.4, 0.5) is 11.8 Å². The van der Waals surface area contributed by atoms with Crippen molar-refractivity contribution in [2.75, 3.05) is 11.5 Å². The van der Waals surface area contributed by atoms with Gasteiger partial charge in [-0.2, -0.15) is 0 Å². The van der Waals surface area contributed by atoms with Crippen molar-refractivity contribution in [3.05, 3.63) is 71.8 Å². The van der Waals surface area contributed by atoms with Crippen LogP contribution in [-0.2, 0) is 6.42 Å². The number of furan rings is 2. The van der Waals surface area contributed by atoms with Crippen LogP contribution in [-0.4, -0.2) is 8.80 Å². The van der Waals surface area contributed by atoms with E-state index in [0.717, 1.165) is 49.8 Å². The van der Waals surface area contributed by atoms with E-state index in [2.05, 4.69) is 21.1 Å². The first-order chi connectivity index (χ1) is 13.6. The highest BCUT2D eigenvalue weighted by molar-refractivity contribution is 6.02. The van der Waals surface area contributed by atoms with Gasteiger partial charge in [0, 0.05) is 41.5 Å². The van der Waals surface area contributed by atoms with Crippen LogP contribution in [0.3, 0.4) is 0 Å². The van der Waals surface area contributed by atoms with E-state index in [9.17, 15) is 0 Å². The first-order valence-corrected chi connectivity index (χ1v) is 9.16. The van der Waals surface area contributed by atoms with Crippen molar-refractivity contribution < 1.29 is 8.83 Å². The molecule has 0 amide bonds. The maximum absolute atomic E-state index is 6.29. The van der Waals surface area contributed by atoms with Gasteiger partial charge in [-0.3, -0.25) is 0 Å². The largest absolute Gasteiger partial charge is 0.439 e. The topological polar surface area (TPSA) is 87.1 Å². The molecule has 0 bridgehead atoms. The van der Waals surface area contributed by atoms with E-state index < -0.39 is 0 Å². The summed E-state index contributed by atoms with van der Waals surface area (Å²) < 4.78 is 16.1. The van der Waals surface area contributed by atoms with E-state index in [0.29, 0.717) is 18.2 Å². The Morgan fingerprint density at radius 2 is 1.64 bits per heavy atom. The molecule has 4 N–H and O–H groups in total. The maximum Gasteiger partial charge on any atom is 0.195 e. The highest BCUT2D eigenvalue weighted by atomic mass is 16.4. The van der Waals surface area contributed by atoms with Crippen molar-refractivity contribution in [1.29, 1.82) is 0 Å². The lowest BCUT2D eigenvalue weighted by Crippen LogP contribution is -1.97. The molecule has 138 valence electrons. The maximum atomic E-state index is 6.29. The number of anilines is 2. The monoisotopic (exact) mass is 370 g/mol. The first kappa shape index (κ1) is 15.3. The Hall–Kier alpha value is -3.80. The summed E-state index contributed by atoms with van der Waals surface area (Å²) in [6, 6.07) is 12.1. The summed E-state index contributed by atoms with van der Waals surface area (Å²) >= 11 is 0. The normalized spacial score (nSPS) is 12.2. The van der Waals surface area contributed by atoms with Gasteiger partial charge in [-0.25, -0.2) is 0 Å². The molecule has 6 aromatic rings. The van der Waals surface area contributed by atoms with Gasteiger partial charge < -0.3 is 29.1 Å². The minimum absolute atomic E-state index is 0.437. The van der Waals surface area contributed by atoms with Crippen molar-refractivity contribution in [2.45, 2.75) is 13.3 Å². The number of nitrogen functional groups attached to an aromatic ring is 2. The van der Waals surface area contributed by atoms with E-state index >= 15 is 0 Å². The molecule has 0 radical (unpaired) electrons. The Kier molecular flexibility index (Phi) is 2.80. The molecule has 0 aliphatic heterocycles. The molecule has 0 atom stereocenters. The zero-order valence-corrected chi connectivity index (χ0v) is 15.3. The molecule has 6 heterocycles. The lowest BCUT2D eigenvalue weighted by Gasteiger charge is -2.03. The molecule has 0 aliphatic carbocycles. The summed E-state index contributed by atoms with van der Waals surface area (Å²) in [6.07, 6.45) is 6.69. The Morgan fingerprint density at radius 3 is 2.50 bits per heavy atom. The number of aryl methyl sites for hydroxylation is 1. The second kappa shape index (κ2) is 5.13. The van der Waals surface area contributed by atoms with Gasteiger partial charge in [-0.15, -0.1) is 0 Å². The number of fused-ring (bicyclic) bond motifs is 6. The van der Waals surface area contributed by atoms with E-state index in [4.69, 9.17) is 20.3 Å². The van der Waals surface area contributed by atoms with E-state index in [1.165, 1.54) is 0 Å². The predicted octanol–water partition coefficient (Wildman–Crippen LogP) is 4.75. The molecule has 6 aromatic heterocycles. The molecular formula is C22H18N4O2. The lowest BCUT2D eigenvalue weighted by molar-refractivity contribution is 0.626. The third-order valence-corrected chi connectivity index (χ3v) is 5.67. The fourth-order valence-corrected chi connectivity index (χ4v) is 4.27. The van der Waals surface area contributed by atoms with Crippen LogP contribution in [0.1, 0.15) is 16.8 Å². The Labute approximate surface area is 159 Å². The SMILES string of the molecule is Cc1c(N)oc2c(Cc3c(N)oc4c3cn3ccccc43)n3ccccc3c12. The third-order valence-electron chi connectivity index (χ3n) is 5.67. The average Bonchev–Trinajstić information content (AvgIpc) is 3.38. The molecule has 0 aliphatic rings. The van der Waals surface area contributed by atoms with Gasteiger partial charge in [0.05, 0.1) is 22.1 Å². The Morgan fingerprint density at radius 1 is 0.893 bits per heavy atom. The van der Waals surface area contributed by atoms with Gasteiger partial charge in [0.2, 0.25) is 0 Å². The van der Waals surface area contributed by atoms with Crippen LogP contribution in [0.15, 0.2) is 63.8 Å². The van der Waals surface area contributed by atoms with Gasteiger partial charge in [-0.1, -0.05) is 12.1 Å². The lowest BCUT2D eigenvalue weighted by atomic mass is 10.1. The summed E-state index contributed by atoms with van der Waals surface area (Å²) in [4.78, 5) is 0. The number of aromatic nitrogens is 2. The van der Waals surface area contributed by atoms with Gasteiger partial charge in [-0.05, 0) is 31.2 Å². The molecule has 6 rings (SSSR count). The van der Waals surface area contributed by atoms with Gasteiger partial charge >= 0.3 is 0 Å². The number of nitrogens with two attached hydrogens (primary N) is 2. The van der Waals surface area contributed by atoms with Crippen LogP contribution < -0.4 is 11.5 Å². The second-order valence-corrected chi connectivity index (χ2v) is 7.18. The van der Waals surface area contributed by atoms with Crippen molar-refractivity contribution in [1.82, 2.24) is 8.80 Å². The standard InChI is InChI=1S/C22H18N4O2/c1-12-18-15-6-3-5-9-26(15)17(20(18)28-21(12)23)10-13-14-11-25-8-4-2-7-16(25)19(14)27-22(13)24/h2-9,11H,10,23-24H2,1H3. The highest BCUT2D eigenvalue weighted by Crippen LogP contribution is 2.39. The summed E-state index contributed by atoms with van der Waals surface area (Å²) in [5.74, 6) is 0.893. The summed E-state index contributed by atoms with van der Waals surface area (Å²) in [7, 11) is 0. The summed E-state index contributed by atoms with van der Waals surface area (Å²) in [5.41, 5.74) is 19.0. The van der Waals surface area contributed by atoms with Gasteiger partial charge in [0.1, 0.15) is 0 Å². The molecule has 0 spiro atoms. The quantitative estimate of drug-likeness (QED) is 0.460. The van der Waals surface area contributed by atoms with Crippen LogP contribution in [0, 0.1) is 6.92 Å². The Bertz CT molecular complexity index is 1530. The fourth-order valence-electron chi connectivity index (χ4n) is 4.27. The smallest absolute Gasteiger partial charge is 0.195 e. The van der Waals surface area contributed by atoms with Crippen LogP contribution in [0.2, 0.25) is 0 Å². The minimum atomic E-state index is 0.437. The minimum Gasteiger partial charge on any atom is -0.439 e. The molecule has 6 nitrogen and oxygen atoms in total. The number of pyridine rings is 2. The predicted molar refractivity (Wildman–Crippen MR) is 111 cm³/mol. The van der Waals surface area contributed by atoms with Crippen molar-refractivity contribution >= 4 is 44.7 Å². The number of nitrogens with zero attached hydrogens (tertiary/aromatic N) is 2. The fraction of sp³-hybridized carbons (Fsp3) is 0.0909. The molecule has 0 aromatic carbocycles. The van der Waals surface area contributed by atoms with Crippen LogP contribution >= 0.6 is 0 Å². The highest BCUT2D eigenvalue weighted by Gasteiger charge is 2.23. The van der Waals surface area contributed by atoms with Crippen molar-refractivity contribution in [2.24, 2.45) is 0 Å². The molecule has 0 unspecified atom stereocenters. The van der Waals surface area contributed by atoms with Gasteiger partial charge in [0.25, 0.3) is 0 Å². The number of hydrogen-bond acceptors (Lipinski definition) is 4. The van der Waals surface area contributed by atoms with Crippen LogP contribution in [0.25, 0.3) is 33.0 Å². The molecule has 28 heavy (non-hydrogen) atoms. The molecule has 0 saturated carbocycles. The van der Waals surface area contributed by atoms with Gasteiger partial charge in [0.15, 0.2) is 22.9 Å². The Balaban J connectivity index is 1.65. The zero-order valence-electron chi connectivity index (χ0n) is 15.3. The number of hydrogen-bond donors (Lipinski definition) is 2. The molecule has 0 fully saturated rings. The summed E-state index contributed by atoms with van der Waals surface area (Å²) in [6.45, 7) is 1.99. The van der Waals surface area contributed by atoms with Crippen molar-refractivity contribution in [3.8, 4) is 0 Å². The zero-order chi connectivity index (χ0) is 19.0. The number of rotatable bonds is 2. The van der Waals surface area contributed by atoms with E-state index in [1.54, 1.807) is 0 Å². The molecule has 0 saturated heterocycles. The molecule has 6 heteroatoms. The van der Waals surface area contributed by atoms with E-state index in [-0.39, 0.29) is 0 Å². The molecular weight excluding hydrogens is 352 g/mol. The third kappa shape index (κ3) is 1.81. The second-order valence-electron chi connectivity index (χ2n) is 7.18. The van der Waals surface area contributed by atoms with E-state index in [1.807, 2.05) is 49.6 Å². The van der Waals surface area contributed by atoms with Crippen molar-refractivity contribution in [3.63, 3.8) is 0 Å². The average molecular weight is 370 g/mol. The van der Waals surface area contributed by atoms with Crippen LogP contribution in [0.5, 0.6) is 0 Å². The first-order valence-electron chi connectivity index (χ1n) is 9.16. The summed E-state index contributed by atoms with van der Waals surface area (Å²) in [5, 5.41) is 2.06.